The Balaban J connectivity index is 1.59. The third-order valence-electron chi connectivity index (χ3n) is 4.93. The smallest absolute Gasteiger partial charge is 0.0587 e. The van der Waals surface area contributed by atoms with Crippen molar-refractivity contribution in [3.05, 3.63) is 28.8 Å². The zero-order valence-electron chi connectivity index (χ0n) is 12.8. The summed E-state index contributed by atoms with van der Waals surface area (Å²) in [5.41, 5.74) is 2.45. The van der Waals surface area contributed by atoms with Gasteiger partial charge in [-0.25, -0.2) is 0 Å². The molecule has 2 aliphatic rings. The molecule has 1 aromatic carbocycles. The number of hydrogen-bond acceptors (Lipinski definition) is 3. The number of ether oxygens (including phenoxy) is 1. The first-order valence-corrected chi connectivity index (χ1v) is 8.38. The van der Waals surface area contributed by atoms with Crippen LogP contribution in [-0.4, -0.2) is 33.4 Å². The Kier molecular flexibility index (Phi) is 5.04. The minimum Gasteiger partial charge on any atom is -0.383 e. The lowest BCUT2D eigenvalue weighted by Crippen LogP contribution is -2.21. The van der Waals surface area contributed by atoms with Crippen molar-refractivity contribution in [1.29, 1.82) is 0 Å². The van der Waals surface area contributed by atoms with Crippen LogP contribution >= 0.6 is 11.6 Å². The monoisotopic (exact) mass is 308 g/mol. The number of anilines is 1. The van der Waals surface area contributed by atoms with Crippen LogP contribution in [0.1, 0.15) is 24.8 Å². The first-order valence-electron chi connectivity index (χ1n) is 8.01. The molecule has 116 valence electrons. The molecule has 0 spiro atoms. The fourth-order valence-corrected chi connectivity index (χ4v) is 3.96. The molecular formula is C17H25ClN2O. The Morgan fingerprint density at radius 3 is 2.71 bits per heavy atom. The number of rotatable bonds is 6. The van der Waals surface area contributed by atoms with E-state index in [0.717, 1.165) is 42.1 Å². The number of nitrogens with zero attached hydrogens (tertiary/aromatic N) is 1. The van der Waals surface area contributed by atoms with Crippen molar-refractivity contribution in [3.63, 3.8) is 0 Å². The van der Waals surface area contributed by atoms with Gasteiger partial charge in [0.15, 0.2) is 0 Å². The minimum absolute atomic E-state index is 0.728. The summed E-state index contributed by atoms with van der Waals surface area (Å²) < 4.78 is 5.03. The Labute approximate surface area is 132 Å². The van der Waals surface area contributed by atoms with E-state index in [4.69, 9.17) is 16.3 Å². The molecule has 4 heteroatoms. The van der Waals surface area contributed by atoms with E-state index in [1.807, 2.05) is 0 Å². The van der Waals surface area contributed by atoms with E-state index in [-0.39, 0.29) is 0 Å². The lowest BCUT2D eigenvalue weighted by Gasteiger charge is -2.20. The maximum atomic E-state index is 6.44. The van der Waals surface area contributed by atoms with Crippen molar-refractivity contribution in [2.75, 3.05) is 38.3 Å². The molecule has 1 heterocycles. The third kappa shape index (κ3) is 3.53. The van der Waals surface area contributed by atoms with Gasteiger partial charge >= 0.3 is 0 Å². The average molecular weight is 309 g/mol. The van der Waals surface area contributed by atoms with Gasteiger partial charge in [-0.3, -0.25) is 0 Å². The van der Waals surface area contributed by atoms with Crippen LogP contribution in [0.2, 0.25) is 5.02 Å². The van der Waals surface area contributed by atoms with Gasteiger partial charge in [0.1, 0.15) is 0 Å². The lowest BCUT2D eigenvalue weighted by molar-refractivity contribution is 0.199. The maximum absolute atomic E-state index is 6.44. The van der Waals surface area contributed by atoms with Gasteiger partial charge in [0.05, 0.1) is 6.61 Å². The molecule has 1 N–H and O–H groups in total. The molecule has 0 bridgehead atoms. The number of hydrogen-bond donors (Lipinski definition) is 1. The summed E-state index contributed by atoms with van der Waals surface area (Å²) in [7, 11) is 1.72. The topological polar surface area (TPSA) is 24.5 Å². The Bertz CT molecular complexity index is 468. The SMILES string of the molecule is COCCNCc1ccc(N2CC3CCCC3C2)cc1Cl. The highest BCUT2D eigenvalue weighted by molar-refractivity contribution is 6.31. The zero-order valence-corrected chi connectivity index (χ0v) is 13.5. The second-order valence-electron chi connectivity index (χ2n) is 6.30. The van der Waals surface area contributed by atoms with Crippen LogP contribution in [0.3, 0.4) is 0 Å². The Morgan fingerprint density at radius 1 is 1.29 bits per heavy atom. The molecule has 0 radical (unpaired) electrons. The Hall–Kier alpha value is -0.770. The van der Waals surface area contributed by atoms with Gasteiger partial charge in [-0.2, -0.15) is 0 Å². The van der Waals surface area contributed by atoms with Crippen molar-refractivity contribution in [3.8, 4) is 0 Å². The highest BCUT2D eigenvalue weighted by Gasteiger charge is 2.36. The molecule has 21 heavy (non-hydrogen) atoms. The molecule has 2 unspecified atom stereocenters. The van der Waals surface area contributed by atoms with Crippen molar-refractivity contribution in [2.24, 2.45) is 11.8 Å². The van der Waals surface area contributed by atoms with E-state index in [1.165, 1.54) is 38.0 Å². The number of benzene rings is 1. The summed E-state index contributed by atoms with van der Waals surface area (Å²) in [6.45, 7) is 4.81. The average Bonchev–Trinajstić information content (AvgIpc) is 3.06. The van der Waals surface area contributed by atoms with Crippen LogP contribution in [0.15, 0.2) is 18.2 Å². The van der Waals surface area contributed by atoms with Crippen LogP contribution in [-0.2, 0) is 11.3 Å². The van der Waals surface area contributed by atoms with Crippen LogP contribution in [0.4, 0.5) is 5.69 Å². The highest BCUT2D eigenvalue weighted by Crippen LogP contribution is 2.40. The van der Waals surface area contributed by atoms with Crippen molar-refractivity contribution < 1.29 is 4.74 Å². The molecule has 3 nitrogen and oxygen atoms in total. The largest absolute Gasteiger partial charge is 0.383 e. The molecule has 1 aliphatic heterocycles. The van der Waals surface area contributed by atoms with Gasteiger partial charge < -0.3 is 15.0 Å². The highest BCUT2D eigenvalue weighted by atomic mass is 35.5. The summed E-state index contributed by atoms with van der Waals surface area (Å²) in [4.78, 5) is 2.52. The van der Waals surface area contributed by atoms with Gasteiger partial charge in [0, 0.05) is 44.0 Å². The van der Waals surface area contributed by atoms with E-state index in [1.54, 1.807) is 7.11 Å². The molecule has 3 rings (SSSR count). The Morgan fingerprint density at radius 2 is 2.05 bits per heavy atom. The molecule has 2 fully saturated rings. The first-order chi connectivity index (χ1) is 10.3. The fraction of sp³-hybridized carbons (Fsp3) is 0.647. The summed E-state index contributed by atoms with van der Waals surface area (Å²) in [6, 6.07) is 6.52. The number of fused-ring (bicyclic) bond motifs is 1. The van der Waals surface area contributed by atoms with Crippen LogP contribution in [0.5, 0.6) is 0 Å². The molecule has 1 aromatic rings. The van der Waals surface area contributed by atoms with E-state index in [0.29, 0.717) is 0 Å². The van der Waals surface area contributed by atoms with Crippen molar-refractivity contribution in [1.82, 2.24) is 5.32 Å². The standard InChI is InChI=1S/C17H25ClN2O/c1-21-8-7-19-10-13-5-6-16(9-17(13)18)20-11-14-3-2-4-15(14)12-20/h5-6,9,14-15,19H,2-4,7-8,10-12H2,1H3. The lowest BCUT2D eigenvalue weighted by atomic mass is 10.0. The molecule has 1 aliphatic carbocycles. The summed E-state index contributed by atoms with van der Waals surface area (Å²) >= 11 is 6.44. The van der Waals surface area contributed by atoms with Gasteiger partial charge in [0.25, 0.3) is 0 Å². The van der Waals surface area contributed by atoms with Gasteiger partial charge in [-0.15, -0.1) is 0 Å². The summed E-state index contributed by atoms with van der Waals surface area (Å²) in [5.74, 6) is 1.83. The van der Waals surface area contributed by atoms with Crippen molar-refractivity contribution in [2.45, 2.75) is 25.8 Å². The summed E-state index contributed by atoms with van der Waals surface area (Å²) in [6.07, 6.45) is 4.25. The number of nitrogens with one attached hydrogen (secondary N) is 1. The van der Waals surface area contributed by atoms with Crippen LogP contribution in [0.25, 0.3) is 0 Å². The predicted molar refractivity (Wildman–Crippen MR) is 88.1 cm³/mol. The van der Waals surface area contributed by atoms with Crippen LogP contribution in [0, 0.1) is 11.8 Å². The predicted octanol–water partition coefficient (Wildman–Crippen LogP) is 3.31. The van der Waals surface area contributed by atoms with Gasteiger partial charge in [-0.1, -0.05) is 24.1 Å². The molecule has 1 saturated heterocycles. The normalized spacial score (nSPS) is 24.6. The second-order valence-corrected chi connectivity index (χ2v) is 6.71. The number of methoxy groups -OCH3 is 1. The maximum Gasteiger partial charge on any atom is 0.0587 e. The molecule has 2 atom stereocenters. The van der Waals surface area contributed by atoms with E-state index in [9.17, 15) is 0 Å². The minimum atomic E-state index is 0.728. The first kappa shape index (κ1) is 15.1. The van der Waals surface area contributed by atoms with E-state index < -0.39 is 0 Å². The fourth-order valence-electron chi connectivity index (χ4n) is 3.72. The quantitative estimate of drug-likeness (QED) is 0.816. The van der Waals surface area contributed by atoms with Crippen LogP contribution < -0.4 is 10.2 Å². The summed E-state index contributed by atoms with van der Waals surface area (Å²) in [5, 5.41) is 4.21. The van der Waals surface area contributed by atoms with E-state index in [2.05, 4.69) is 28.4 Å². The second kappa shape index (κ2) is 6.99. The molecule has 0 aromatic heterocycles. The van der Waals surface area contributed by atoms with Crippen molar-refractivity contribution >= 4 is 17.3 Å². The van der Waals surface area contributed by atoms with Gasteiger partial charge in [0.2, 0.25) is 0 Å². The molecule has 1 saturated carbocycles. The van der Waals surface area contributed by atoms with Gasteiger partial charge in [-0.05, 0) is 42.4 Å². The molecule has 0 amide bonds. The third-order valence-corrected chi connectivity index (χ3v) is 5.28. The molecular weight excluding hydrogens is 284 g/mol. The zero-order chi connectivity index (χ0) is 14.7. The number of halogens is 1. The van der Waals surface area contributed by atoms with E-state index >= 15 is 0 Å².